The maximum atomic E-state index is 13.0. The van der Waals surface area contributed by atoms with E-state index in [1.54, 1.807) is 0 Å². The van der Waals surface area contributed by atoms with E-state index in [0.29, 0.717) is 24.3 Å². The summed E-state index contributed by atoms with van der Waals surface area (Å²) in [7, 11) is 0. The highest BCUT2D eigenvalue weighted by Gasteiger charge is 2.23. The SMILES string of the molecule is Cc1nc2c(=O)n(CC(=O)N3CCN(c4ccccc4)CC3)nc(-c3ccccc3)c2s1. The fourth-order valence-corrected chi connectivity index (χ4v) is 4.96. The molecule has 0 bridgehead atoms. The molecular formula is C24H23N5O2S. The number of hydrogen-bond acceptors (Lipinski definition) is 6. The molecule has 2 aromatic carbocycles. The molecule has 8 heteroatoms. The van der Waals surface area contributed by atoms with Crippen molar-refractivity contribution in [3.8, 4) is 11.3 Å². The number of aryl methyl sites for hydroxylation is 1. The molecule has 1 saturated heterocycles. The molecular weight excluding hydrogens is 422 g/mol. The van der Waals surface area contributed by atoms with E-state index in [9.17, 15) is 9.59 Å². The van der Waals surface area contributed by atoms with E-state index in [-0.39, 0.29) is 18.0 Å². The summed E-state index contributed by atoms with van der Waals surface area (Å²) >= 11 is 1.45. The normalized spacial score (nSPS) is 14.2. The Morgan fingerprint density at radius 2 is 1.62 bits per heavy atom. The van der Waals surface area contributed by atoms with E-state index in [1.807, 2.05) is 60.4 Å². The van der Waals surface area contributed by atoms with Crippen LogP contribution < -0.4 is 10.5 Å². The van der Waals surface area contributed by atoms with E-state index in [2.05, 4.69) is 27.1 Å². The summed E-state index contributed by atoms with van der Waals surface area (Å²) < 4.78 is 2.04. The summed E-state index contributed by atoms with van der Waals surface area (Å²) in [5, 5.41) is 5.40. The molecule has 162 valence electrons. The van der Waals surface area contributed by atoms with Crippen LogP contribution in [0.5, 0.6) is 0 Å². The van der Waals surface area contributed by atoms with Crippen LogP contribution in [0.1, 0.15) is 5.01 Å². The zero-order valence-electron chi connectivity index (χ0n) is 17.8. The van der Waals surface area contributed by atoms with Crippen LogP contribution >= 0.6 is 11.3 Å². The smallest absolute Gasteiger partial charge is 0.294 e. The Morgan fingerprint density at radius 3 is 2.31 bits per heavy atom. The maximum absolute atomic E-state index is 13.0. The molecule has 5 rings (SSSR count). The highest BCUT2D eigenvalue weighted by Crippen LogP contribution is 2.29. The number of carbonyl (C=O) groups excluding carboxylic acids is 1. The zero-order valence-corrected chi connectivity index (χ0v) is 18.6. The monoisotopic (exact) mass is 445 g/mol. The molecule has 32 heavy (non-hydrogen) atoms. The van der Waals surface area contributed by atoms with Crippen LogP contribution in [0.15, 0.2) is 65.5 Å². The summed E-state index contributed by atoms with van der Waals surface area (Å²) in [5.74, 6) is -0.0994. The highest BCUT2D eigenvalue weighted by molar-refractivity contribution is 7.19. The molecule has 0 spiro atoms. The van der Waals surface area contributed by atoms with Gasteiger partial charge in [-0.15, -0.1) is 11.3 Å². The second-order valence-corrected chi connectivity index (χ2v) is 8.99. The van der Waals surface area contributed by atoms with Crippen molar-refractivity contribution in [3.63, 3.8) is 0 Å². The minimum Gasteiger partial charge on any atom is -0.368 e. The number of aromatic nitrogens is 3. The van der Waals surface area contributed by atoms with Crippen molar-refractivity contribution in [2.24, 2.45) is 0 Å². The van der Waals surface area contributed by atoms with Gasteiger partial charge in [0, 0.05) is 37.4 Å². The molecule has 1 amide bonds. The molecule has 0 aliphatic carbocycles. The Hall–Kier alpha value is -3.52. The summed E-state index contributed by atoms with van der Waals surface area (Å²) in [4.78, 5) is 34.6. The first kappa shape index (κ1) is 20.4. The molecule has 2 aromatic heterocycles. The molecule has 1 aliphatic heterocycles. The summed E-state index contributed by atoms with van der Waals surface area (Å²) in [6.45, 7) is 4.55. The fourth-order valence-electron chi connectivity index (χ4n) is 4.04. The van der Waals surface area contributed by atoms with Crippen LogP contribution in [-0.4, -0.2) is 51.8 Å². The molecule has 1 fully saturated rings. The number of anilines is 1. The first-order valence-corrected chi connectivity index (χ1v) is 11.4. The topological polar surface area (TPSA) is 71.3 Å². The second kappa shape index (κ2) is 8.55. The molecule has 0 radical (unpaired) electrons. The lowest BCUT2D eigenvalue weighted by Gasteiger charge is -2.36. The van der Waals surface area contributed by atoms with Crippen LogP contribution in [0.3, 0.4) is 0 Å². The van der Waals surface area contributed by atoms with Crippen LogP contribution in [-0.2, 0) is 11.3 Å². The Kier molecular flexibility index (Phi) is 5.45. The predicted octanol–water partition coefficient (Wildman–Crippen LogP) is 3.18. The highest BCUT2D eigenvalue weighted by atomic mass is 32.1. The van der Waals surface area contributed by atoms with Gasteiger partial charge >= 0.3 is 0 Å². The van der Waals surface area contributed by atoms with E-state index in [4.69, 9.17) is 0 Å². The van der Waals surface area contributed by atoms with Crippen molar-refractivity contribution in [1.29, 1.82) is 0 Å². The molecule has 0 unspecified atom stereocenters. The molecule has 4 aromatic rings. The Balaban J connectivity index is 1.39. The van der Waals surface area contributed by atoms with Gasteiger partial charge < -0.3 is 9.80 Å². The van der Waals surface area contributed by atoms with Crippen molar-refractivity contribution in [3.05, 3.63) is 76.0 Å². The van der Waals surface area contributed by atoms with Crippen molar-refractivity contribution in [2.45, 2.75) is 13.5 Å². The third-order valence-electron chi connectivity index (χ3n) is 5.69. The largest absolute Gasteiger partial charge is 0.368 e. The standard InChI is InChI=1S/C24H23N5O2S/c1-17-25-22-23(32-17)21(18-8-4-2-5-9-18)26-29(24(22)31)16-20(30)28-14-12-27(13-15-28)19-10-6-3-7-11-19/h2-11H,12-16H2,1H3. The van der Waals surface area contributed by atoms with Crippen molar-refractivity contribution < 1.29 is 4.79 Å². The Bertz CT molecular complexity index is 1310. The number of para-hydroxylation sites is 1. The van der Waals surface area contributed by atoms with Gasteiger partial charge in [-0.3, -0.25) is 9.59 Å². The van der Waals surface area contributed by atoms with E-state index < -0.39 is 0 Å². The average Bonchev–Trinajstić information content (AvgIpc) is 3.24. The van der Waals surface area contributed by atoms with E-state index in [1.165, 1.54) is 16.0 Å². The minimum atomic E-state index is -0.319. The van der Waals surface area contributed by atoms with Crippen molar-refractivity contribution in [2.75, 3.05) is 31.1 Å². The van der Waals surface area contributed by atoms with Crippen molar-refractivity contribution >= 4 is 33.1 Å². The lowest BCUT2D eigenvalue weighted by Crippen LogP contribution is -2.50. The zero-order chi connectivity index (χ0) is 22.1. The summed E-state index contributed by atoms with van der Waals surface area (Å²) in [6, 6.07) is 19.9. The first-order valence-electron chi connectivity index (χ1n) is 10.6. The molecule has 0 atom stereocenters. The molecule has 3 heterocycles. The number of hydrogen-bond donors (Lipinski definition) is 0. The number of thiazole rings is 1. The number of carbonyl (C=O) groups is 1. The quantitative estimate of drug-likeness (QED) is 0.483. The van der Waals surface area contributed by atoms with Crippen LogP contribution in [0, 0.1) is 6.92 Å². The minimum absolute atomic E-state index is 0.0868. The van der Waals surface area contributed by atoms with Crippen molar-refractivity contribution in [1.82, 2.24) is 19.7 Å². The first-order chi connectivity index (χ1) is 15.6. The maximum Gasteiger partial charge on any atom is 0.294 e. The molecule has 0 saturated carbocycles. The van der Waals surface area contributed by atoms with Gasteiger partial charge in [-0.25, -0.2) is 9.67 Å². The molecule has 0 N–H and O–H groups in total. The van der Waals surface area contributed by atoms with Crippen LogP contribution in [0.4, 0.5) is 5.69 Å². The average molecular weight is 446 g/mol. The number of piperazine rings is 1. The third kappa shape index (κ3) is 3.89. The third-order valence-corrected chi connectivity index (χ3v) is 6.67. The van der Waals surface area contributed by atoms with E-state index >= 15 is 0 Å². The summed E-state index contributed by atoms with van der Waals surface area (Å²) in [6.07, 6.45) is 0. The lowest BCUT2D eigenvalue weighted by molar-refractivity contribution is -0.132. The van der Waals surface area contributed by atoms with Gasteiger partial charge in [-0.2, -0.15) is 5.10 Å². The number of rotatable bonds is 4. The summed E-state index contributed by atoms with van der Waals surface area (Å²) in [5.41, 5.74) is 2.81. The van der Waals surface area contributed by atoms with Crippen LogP contribution in [0.25, 0.3) is 21.5 Å². The number of amides is 1. The van der Waals surface area contributed by atoms with E-state index in [0.717, 1.165) is 34.0 Å². The Labute approximate surface area is 189 Å². The van der Waals surface area contributed by atoms with Gasteiger partial charge in [-0.05, 0) is 19.1 Å². The molecule has 7 nitrogen and oxygen atoms in total. The number of benzene rings is 2. The number of fused-ring (bicyclic) bond motifs is 1. The molecule has 1 aliphatic rings. The van der Waals surface area contributed by atoms with Gasteiger partial charge in [0.25, 0.3) is 5.56 Å². The predicted molar refractivity (Wildman–Crippen MR) is 127 cm³/mol. The lowest BCUT2D eigenvalue weighted by atomic mass is 10.1. The number of nitrogens with zero attached hydrogens (tertiary/aromatic N) is 5. The fraction of sp³-hybridized carbons (Fsp3) is 0.250. The van der Waals surface area contributed by atoms with Gasteiger partial charge in [0.1, 0.15) is 12.2 Å². The second-order valence-electron chi connectivity index (χ2n) is 7.79. The van der Waals surface area contributed by atoms with Crippen LogP contribution in [0.2, 0.25) is 0 Å². The van der Waals surface area contributed by atoms with Gasteiger partial charge in [0.05, 0.1) is 9.71 Å². The van der Waals surface area contributed by atoms with Gasteiger partial charge in [0.2, 0.25) is 5.91 Å². The van der Waals surface area contributed by atoms with Gasteiger partial charge in [-0.1, -0.05) is 48.5 Å². The Morgan fingerprint density at radius 1 is 0.969 bits per heavy atom. The van der Waals surface area contributed by atoms with Gasteiger partial charge in [0.15, 0.2) is 5.52 Å².